The van der Waals surface area contributed by atoms with Crippen molar-refractivity contribution in [2.45, 2.75) is 5.92 Å². The van der Waals surface area contributed by atoms with Crippen LogP contribution in [0.15, 0.2) is 109 Å². The van der Waals surface area contributed by atoms with E-state index in [1.165, 1.54) is 0 Å². The standard InChI is InChI=1S/C28H21N5O4/c34-27(24(20-10-3-1-4-11-20)21-12-5-2-6-13-21)32-31-26-25(33(35)36)28(30-18-29-26)37-23-16-15-19-9-7-8-14-22(19)17-23/h1-18,24H,(H,32,34)(H,29,30,31). The molecule has 0 saturated carbocycles. The fourth-order valence-corrected chi connectivity index (χ4v) is 4.02. The summed E-state index contributed by atoms with van der Waals surface area (Å²) in [5.41, 5.74) is 6.20. The van der Waals surface area contributed by atoms with Crippen molar-refractivity contribution in [3.8, 4) is 11.6 Å². The Balaban J connectivity index is 1.40. The molecule has 182 valence electrons. The zero-order chi connectivity index (χ0) is 25.6. The fourth-order valence-electron chi connectivity index (χ4n) is 4.02. The molecule has 0 radical (unpaired) electrons. The number of hydrogen-bond acceptors (Lipinski definition) is 7. The van der Waals surface area contributed by atoms with Gasteiger partial charge in [0.1, 0.15) is 12.1 Å². The molecule has 5 rings (SSSR count). The molecule has 1 heterocycles. The average molecular weight is 492 g/mol. The van der Waals surface area contributed by atoms with E-state index in [2.05, 4.69) is 20.8 Å². The molecule has 2 N–H and O–H groups in total. The third-order valence-corrected chi connectivity index (χ3v) is 5.74. The SMILES string of the molecule is O=C(NNc1ncnc(Oc2ccc3ccccc3c2)c1[N+](=O)[O-])C(c1ccccc1)c1ccccc1. The molecule has 0 aliphatic heterocycles. The molecule has 0 unspecified atom stereocenters. The van der Waals surface area contributed by atoms with Crippen LogP contribution in [0.25, 0.3) is 10.8 Å². The van der Waals surface area contributed by atoms with Gasteiger partial charge < -0.3 is 4.74 Å². The zero-order valence-corrected chi connectivity index (χ0v) is 19.4. The number of benzene rings is 4. The number of nitrogens with one attached hydrogen (secondary N) is 2. The topological polar surface area (TPSA) is 119 Å². The highest BCUT2D eigenvalue weighted by molar-refractivity contribution is 5.88. The maximum Gasteiger partial charge on any atom is 0.374 e. The van der Waals surface area contributed by atoms with Gasteiger partial charge in [-0.3, -0.25) is 25.8 Å². The lowest BCUT2D eigenvalue weighted by Crippen LogP contribution is -2.35. The third kappa shape index (κ3) is 5.20. The smallest absolute Gasteiger partial charge is 0.374 e. The van der Waals surface area contributed by atoms with Crippen molar-refractivity contribution < 1.29 is 14.5 Å². The minimum atomic E-state index is -0.656. The first-order valence-corrected chi connectivity index (χ1v) is 11.4. The predicted molar refractivity (Wildman–Crippen MR) is 139 cm³/mol. The molecule has 0 bridgehead atoms. The molecule has 9 nitrogen and oxygen atoms in total. The van der Waals surface area contributed by atoms with Gasteiger partial charge in [0.05, 0.1) is 10.8 Å². The normalized spacial score (nSPS) is 10.7. The molecule has 5 aromatic rings. The van der Waals surface area contributed by atoms with Crippen molar-refractivity contribution in [2.75, 3.05) is 5.43 Å². The zero-order valence-electron chi connectivity index (χ0n) is 19.4. The summed E-state index contributed by atoms with van der Waals surface area (Å²) in [6, 6.07) is 31.5. The highest BCUT2D eigenvalue weighted by atomic mass is 16.6. The monoisotopic (exact) mass is 491 g/mol. The molecule has 1 aromatic heterocycles. The van der Waals surface area contributed by atoms with Crippen molar-refractivity contribution in [3.63, 3.8) is 0 Å². The van der Waals surface area contributed by atoms with Crippen LogP contribution in [0.3, 0.4) is 0 Å². The number of fused-ring (bicyclic) bond motifs is 1. The number of carbonyl (C=O) groups excluding carboxylic acids is 1. The van der Waals surface area contributed by atoms with Gasteiger partial charge >= 0.3 is 11.6 Å². The van der Waals surface area contributed by atoms with Gasteiger partial charge in [-0.1, -0.05) is 91.0 Å². The molecule has 0 atom stereocenters. The third-order valence-electron chi connectivity index (χ3n) is 5.74. The minimum Gasteiger partial charge on any atom is -0.434 e. The largest absolute Gasteiger partial charge is 0.434 e. The first-order valence-electron chi connectivity index (χ1n) is 11.4. The molecule has 4 aromatic carbocycles. The summed E-state index contributed by atoms with van der Waals surface area (Å²) in [5, 5.41) is 13.9. The summed E-state index contributed by atoms with van der Waals surface area (Å²) < 4.78 is 5.77. The summed E-state index contributed by atoms with van der Waals surface area (Å²) in [6.45, 7) is 0. The van der Waals surface area contributed by atoms with Crippen molar-refractivity contribution >= 4 is 28.2 Å². The van der Waals surface area contributed by atoms with E-state index >= 15 is 0 Å². The number of amides is 1. The number of nitro groups is 1. The molecule has 0 saturated heterocycles. The quantitative estimate of drug-likeness (QED) is 0.214. The Morgan fingerprint density at radius 1 is 0.811 bits per heavy atom. The van der Waals surface area contributed by atoms with Crippen LogP contribution in [-0.4, -0.2) is 20.8 Å². The summed E-state index contributed by atoms with van der Waals surface area (Å²) in [7, 11) is 0. The lowest BCUT2D eigenvalue weighted by Gasteiger charge is -2.18. The number of hydrogen-bond donors (Lipinski definition) is 2. The second-order valence-corrected chi connectivity index (χ2v) is 8.11. The van der Waals surface area contributed by atoms with E-state index < -0.39 is 22.4 Å². The minimum absolute atomic E-state index is 0.205. The molecule has 0 aliphatic rings. The van der Waals surface area contributed by atoms with E-state index in [1.54, 1.807) is 12.1 Å². The Labute approximate surface area is 211 Å². The molecule has 37 heavy (non-hydrogen) atoms. The Morgan fingerprint density at radius 3 is 2.08 bits per heavy atom. The van der Waals surface area contributed by atoms with Gasteiger partial charge in [-0.25, -0.2) is 4.98 Å². The van der Waals surface area contributed by atoms with Crippen LogP contribution in [0.4, 0.5) is 11.5 Å². The number of nitrogens with zero attached hydrogens (tertiary/aromatic N) is 3. The van der Waals surface area contributed by atoms with Gasteiger partial charge in [-0.05, 0) is 34.0 Å². The fraction of sp³-hybridized carbons (Fsp3) is 0.0357. The van der Waals surface area contributed by atoms with Crippen LogP contribution < -0.4 is 15.6 Å². The van der Waals surface area contributed by atoms with E-state index in [-0.39, 0.29) is 11.7 Å². The summed E-state index contributed by atoms with van der Waals surface area (Å²) >= 11 is 0. The molecule has 1 amide bonds. The Morgan fingerprint density at radius 2 is 1.43 bits per heavy atom. The Bertz CT molecular complexity index is 1520. The van der Waals surface area contributed by atoms with Crippen molar-refractivity contribution in [2.24, 2.45) is 0 Å². The lowest BCUT2D eigenvalue weighted by atomic mass is 9.91. The molecular weight excluding hydrogens is 470 g/mol. The molecule has 0 fully saturated rings. The van der Waals surface area contributed by atoms with E-state index in [4.69, 9.17) is 4.74 Å². The van der Waals surface area contributed by atoms with Crippen LogP contribution in [0.1, 0.15) is 17.0 Å². The number of ether oxygens (including phenoxy) is 1. The Kier molecular flexibility index (Phi) is 6.67. The highest BCUT2D eigenvalue weighted by Crippen LogP contribution is 2.35. The van der Waals surface area contributed by atoms with Gasteiger partial charge in [0.2, 0.25) is 11.7 Å². The van der Waals surface area contributed by atoms with Crippen molar-refractivity contribution in [3.05, 3.63) is 131 Å². The first-order chi connectivity index (χ1) is 18.1. The number of carbonyl (C=O) groups is 1. The second-order valence-electron chi connectivity index (χ2n) is 8.11. The summed E-state index contributed by atoms with van der Waals surface area (Å²) in [6.07, 6.45) is 1.13. The van der Waals surface area contributed by atoms with Gasteiger partial charge in [-0.2, -0.15) is 4.98 Å². The molecule has 9 heteroatoms. The van der Waals surface area contributed by atoms with Crippen molar-refractivity contribution in [1.82, 2.24) is 15.4 Å². The summed E-state index contributed by atoms with van der Waals surface area (Å²) in [5.74, 6) is -1.14. The van der Waals surface area contributed by atoms with Crippen molar-refractivity contribution in [1.29, 1.82) is 0 Å². The van der Waals surface area contributed by atoms with Gasteiger partial charge in [0, 0.05) is 0 Å². The highest BCUT2D eigenvalue weighted by Gasteiger charge is 2.27. The van der Waals surface area contributed by atoms with E-state index in [9.17, 15) is 14.9 Å². The van der Waals surface area contributed by atoms with Crippen LogP contribution in [0.2, 0.25) is 0 Å². The maximum atomic E-state index is 13.3. The van der Waals surface area contributed by atoms with Gasteiger partial charge in [0.15, 0.2) is 0 Å². The maximum absolute atomic E-state index is 13.3. The van der Waals surface area contributed by atoms with E-state index in [0.717, 1.165) is 28.2 Å². The molecule has 0 spiro atoms. The first kappa shape index (κ1) is 23.4. The van der Waals surface area contributed by atoms with Crippen LogP contribution in [0.5, 0.6) is 11.6 Å². The van der Waals surface area contributed by atoms with Crippen LogP contribution >= 0.6 is 0 Å². The summed E-state index contributed by atoms with van der Waals surface area (Å²) in [4.78, 5) is 32.5. The number of anilines is 1. The number of aromatic nitrogens is 2. The lowest BCUT2D eigenvalue weighted by molar-refractivity contribution is -0.385. The van der Waals surface area contributed by atoms with Crippen LogP contribution in [-0.2, 0) is 4.79 Å². The predicted octanol–water partition coefficient (Wildman–Crippen LogP) is 5.61. The average Bonchev–Trinajstić information content (AvgIpc) is 2.93. The Hall–Kier alpha value is -5.31. The molecule has 0 aliphatic carbocycles. The van der Waals surface area contributed by atoms with E-state index in [0.29, 0.717) is 5.75 Å². The van der Waals surface area contributed by atoms with Gasteiger partial charge in [-0.15, -0.1) is 0 Å². The van der Waals surface area contributed by atoms with Gasteiger partial charge in [0.25, 0.3) is 0 Å². The number of hydrazine groups is 1. The van der Waals surface area contributed by atoms with E-state index in [1.807, 2.05) is 91.0 Å². The molecular formula is C28H21N5O4. The van der Waals surface area contributed by atoms with Crippen LogP contribution in [0, 0.1) is 10.1 Å². The second kappa shape index (κ2) is 10.5. The number of rotatable bonds is 8.